The van der Waals surface area contributed by atoms with Gasteiger partial charge in [-0.05, 0) is 32.1 Å². The Balaban J connectivity index is 3.52. The largest absolute Gasteiger partial charge is 0.394 e. The van der Waals surface area contributed by atoms with Gasteiger partial charge in [0.1, 0.15) is 0 Å². The highest BCUT2D eigenvalue weighted by Gasteiger charge is 2.17. The molecule has 4 nitrogen and oxygen atoms in total. The third kappa shape index (κ3) is 36.0. The average Bonchev–Trinajstić information content (AvgIpc) is 3.07. The van der Waals surface area contributed by atoms with E-state index < -0.39 is 12.1 Å². The zero-order chi connectivity index (χ0) is 34.3. The topological polar surface area (TPSA) is 69.6 Å². The molecule has 0 aromatic carbocycles. The minimum Gasteiger partial charge on any atom is -0.394 e. The minimum atomic E-state index is -0.856. The summed E-state index contributed by atoms with van der Waals surface area (Å²) in [5, 5.41) is 22.9. The highest BCUT2D eigenvalue weighted by molar-refractivity contribution is 5.76. The Hall–Kier alpha value is -1.13. The van der Waals surface area contributed by atoms with E-state index in [4.69, 9.17) is 0 Å². The summed E-state index contributed by atoms with van der Waals surface area (Å²) in [4.78, 5) is 12.3. The van der Waals surface area contributed by atoms with Gasteiger partial charge in [0.05, 0.1) is 18.8 Å². The first-order valence-electron chi connectivity index (χ1n) is 21.1. The van der Waals surface area contributed by atoms with Crippen LogP contribution in [0.1, 0.15) is 226 Å². The second-order valence-electron chi connectivity index (χ2n) is 14.4. The van der Waals surface area contributed by atoms with Crippen LogP contribution in [0.5, 0.6) is 0 Å². The van der Waals surface area contributed by atoms with Gasteiger partial charge in [-0.25, -0.2) is 0 Å². The number of hydrogen-bond acceptors (Lipinski definition) is 3. The number of rotatable bonds is 38. The maximum atomic E-state index is 12.3. The quantitative estimate of drug-likeness (QED) is 0.0455. The van der Waals surface area contributed by atoms with Crippen molar-refractivity contribution in [2.24, 2.45) is 0 Å². The van der Waals surface area contributed by atoms with Crippen LogP contribution in [0, 0.1) is 0 Å². The first-order chi connectivity index (χ1) is 23.2. The van der Waals surface area contributed by atoms with Gasteiger partial charge in [-0.1, -0.05) is 212 Å². The SMILES string of the molecule is CCCCCCCC/C=C/CC/C=C/C(O)C(CO)NC(=O)CCCCCCCCCCCCCCCCCCCCCCCCC. The van der Waals surface area contributed by atoms with Crippen molar-refractivity contribution in [3.63, 3.8) is 0 Å². The van der Waals surface area contributed by atoms with Crippen molar-refractivity contribution in [3.05, 3.63) is 24.3 Å². The second-order valence-corrected chi connectivity index (χ2v) is 14.4. The van der Waals surface area contributed by atoms with E-state index in [1.807, 2.05) is 6.08 Å². The predicted octanol–water partition coefficient (Wildman–Crippen LogP) is 12.8. The van der Waals surface area contributed by atoms with Gasteiger partial charge in [-0.3, -0.25) is 4.79 Å². The fourth-order valence-electron chi connectivity index (χ4n) is 6.43. The first kappa shape index (κ1) is 45.9. The number of aliphatic hydroxyl groups is 2. The highest BCUT2D eigenvalue weighted by Crippen LogP contribution is 2.16. The molecular weight excluding hydrogens is 578 g/mol. The van der Waals surface area contributed by atoms with Crippen molar-refractivity contribution in [3.8, 4) is 0 Å². The second kappa shape index (κ2) is 39.3. The zero-order valence-electron chi connectivity index (χ0n) is 31.8. The highest BCUT2D eigenvalue weighted by atomic mass is 16.3. The normalized spacial score (nSPS) is 13.2. The maximum absolute atomic E-state index is 12.3. The van der Waals surface area contributed by atoms with Crippen molar-refractivity contribution < 1.29 is 15.0 Å². The van der Waals surface area contributed by atoms with Crippen LogP contribution in [0.25, 0.3) is 0 Å². The fraction of sp³-hybridized carbons (Fsp3) is 0.884. The number of hydrogen-bond donors (Lipinski definition) is 3. The Morgan fingerprint density at radius 3 is 1.23 bits per heavy atom. The van der Waals surface area contributed by atoms with Crippen molar-refractivity contribution in [1.29, 1.82) is 0 Å². The summed E-state index contributed by atoms with van der Waals surface area (Å²) in [6, 6.07) is -0.633. The van der Waals surface area contributed by atoms with Gasteiger partial charge in [0, 0.05) is 6.42 Å². The molecule has 0 radical (unpaired) electrons. The number of carbonyl (C=O) groups excluding carboxylic acids is 1. The molecule has 2 atom stereocenters. The Bertz CT molecular complexity index is 676. The standard InChI is InChI=1S/C43H83NO3/c1-3-5-7-9-11-13-15-17-18-19-20-21-22-23-24-25-26-27-29-31-33-35-37-39-43(47)44-41(40-45)42(46)38-36-34-32-30-28-16-14-12-10-8-6-4-2/h28,30,36,38,41-42,45-46H,3-27,29,31-35,37,39-40H2,1-2H3,(H,44,47)/b30-28+,38-36+. The molecule has 0 saturated carbocycles. The van der Waals surface area contributed by atoms with E-state index in [9.17, 15) is 15.0 Å². The van der Waals surface area contributed by atoms with Gasteiger partial charge < -0.3 is 15.5 Å². The van der Waals surface area contributed by atoms with Crippen LogP contribution >= 0.6 is 0 Å². The Morgan fingerprint density at radius 2 is 0.830 bits per heavy atom. The molecule has 4 heteroatoms. The summed E-state index contributed by atoms with van der Waals surface area (Å²) in [6.07, 6.45) is 50.0. The third-order valence-electron chi connectivity index (χ3n) is 9.69. The molecular formula is C43H83NO3. The molecule has 0 saturated heterocycles. The van der Waals surface area contributed by atoms with Gasteiger partial charge in [-0.2, -0.15) is 0 Å². The minimum absolute atomic E-state index is 0.0716. The van der Waals surface area contributed by atoms with Crippen molar-refractivity contribution in [2.45, 2.75) is 238 Å². The summed E-state index contributed by atoms with van der Waals surface area (Å²) in [7, 11) is 0. The van der Waals surface area contributed by atoms with Crippen LogP contribution in [-0.4, -0.2) is 34.9 Å². The lowest BCUT2D eigenvalue weighted by Gasteiger charge is -2.19. The van der Waals surface area contributed by atoms with Crippen LogP contribution in [0.15, 0.2) is 24.3 Å². The lowest BCUT2D eigenvalue weighted by atomic mass is 10.0. The molecule has 0 bridgehead atoms. The number of unbranched alkanes of at least 4 members (excludes halogenated alkanes) is 29. The predicted molar refractivity (Wildman–Crippen MR) is 207 cm³/mol. The third-order valence-corrected chi connectivity index (χ3v) is 9.69. The number of allylic oxidation sites excluding steroid dienone is 3. The van der Waals surface area contributed by atoms with E-state index in [-0.39, 0.29) is 12.5 Å². The molecule has 0 fully saturated rings. The summed E-state index contributed by atoms with van der Waals surface area (Å²) in [5.41, 5.74) is 0. The van der Waals surface area contributed by atoms with E-state index in [0.717, 1.165) is 32.1 Å². The summed E-state index contributed by atoms with van der Waals surface area (Å²) in [6.45, 7) is 4.29. The molecule has 1 amide bonds. The molecule has 3 N–H and O–H groups in total. The molecule has 0 aromatic heterocycles. The van der Waals surface area contributed by atoms with E-state index in [1.54, 1.807) is 6.08 Å². The number of nitrogens with one attached hydrogen (secondary N) is 1. The smallest absolute Gasteiger partial charge is 0.220 e. The van der Waals surface area contributed by atoms with Gasteiger partial charge in [0.25, 0.3) is 0 Å². The van der Waals surface area contributed by atoms with Gasteiger partial charge in [-0.15, -0.1) is 0 Å². The Morgan fingerprint density at radius 1 is 0.489 bits per heavy atom. The molecule has 0 aliphatic rings. The molecule has 0 rings (SSSR count). The Kier molecular flexibility index (Phi) is 38.4. The summed E-state index contributed by atoms with van der Waals surface area (Å²) >= 11 is 0. The van der Waals surface area contributed by atoms with Gasteiger partial charge in [0.2, 0.25) is 5.91 Å². The summed E-state index contributed by atoms with van der Waals surface area (Å²) in [5.74, 6) is -0.0716. The van der Waals surface area contributed by atoms with Crippen molar-refractivity contribution >= 4 is 5.91 Å². The van der Waals surface area contributed by atoms with Crippen LogP contribution in [0.3, 0.4) is 0 Å². The van der Waals surface area contributed by atoms with E-state index >= 15 is 0 Å². The van der Waals surface area contributed by atoms with E-state index in [1.165, 1.54) is 173 Å². The van der Waals surface area contributed by atoms with Gasteiger partial charge >= 0.3 is 0 Å². The van der Waals surface area contributed by atoms with Crippen LogP contribution in [0.4, 0.5) is 0 Å². The Labute approximate surface area is 294 Å². The zero-order valence-corrected chi connectivity index (χ0v) is 31.8. The molecule has 2 unspecified atom stereocenters. The molecule has 0 aromatic rings. The number of amides is 1. The van der Waals surface area contributed by atoms with Gasteiger partial charge in [0.15, 0.2) is 0 Å². The van der Waals surface area contributed by atoms with Crippen LogP contribution < -0.4 is 5.32 Å². The van der Waals surface area contributed by atoms with Crippen LogP contribution in [-0.2, 0) is 4.79 Å². The molecule has 0 heterocycles. The van der Waals surface area contributed by atoms with E-state index in [0.29, 0.717) is 6.42 Å². The lowest BCUT2D eigenvalue weighted by Crippen LogP contribution is -2.45. The molecule has 0 aliphatic heterocycles. The first-order valence-corrected chi connectivity index (χ1v) is 21.1. The molecule has 278 valence electrons. The van der Waals surface area contributed by atoms with Crippen molar-refractivity contribution in [1.82, 2.24) is 5.32 Å². The van der Waals surface area contributed by atoms with Crippen LogP contribution in [0.2, 0.25) is 0 Å². The average molecular weight is 662 g/mol. The fourth-order valence-corrected chi connectivity index (χ4v) is 6.43. The molecule has 0 spiro atoms. The molecule has 0 aliphatic carbocycles. The monoisotopic (exact) mass is 662 g/mol. The maximum Gasteiger partial charge on any atom is 0.220 e. The lowest BCUT2D eigenvalue weighted by molar-refractivity contribution is -0.123. The van der Waals surface area contributed by atoms with E-state index in [2.05, 4.69) is 31.3 Å². The number of carbonyl (C=O) groups is 1. The molecule has 47 heavy (non-hydrogen) atoms. The summed E-state index contributed by atoms with van der Waals surface area (Å²) < 4.78 is 0. The van der Waals surface area contributed by atoms with Crippen molar-refractivity contribution in [2.75, 3.05) is 6.61 Å². The number of aliphatic hydroxyl groups excluding tert-OH is 2.